The summed E-state index contributed by atoms with van der Waals surface area (Å²) in [4.78, 5) is 13.9. The van der Waals surface area contributed by atoms with E-state index in [1.807, 2.05) is 17.8 Å². The van der Waals surface area contributed by atoms with Gasteiger partial charge in [0.25, 0.3) is 0 Å². The third-order valence-corrected chi connectivity index (χ3v) is 10.7. The van der Waals surface area contributed by atoms with Crippen molar-refractivity contribution in [1.29, 1.82) is 0 Å². The van der Waals surface area contributed by atoms with Crippen LogP contribution in [0.4, 0.5) is 0 Å². The van der Waals surface area contributed by atoms with Crippen LogP contribution < -0.4 is 5.32 Å². The fourth-order valence-electron chi connectivity index (χ4n) is 4.62. The molecule has 130 valence electrons. The van der Waals surface area contributed by atoms with Crippen LogP contribution in [0.1, 0.15) is 25.7 Å². The molecule has 24 heavy (non-hydrogen) atoms. The maximum absolute atomic E-state index is 12.6. The molecule has 0 radical (unpaired) electrons. The molecule has 2 nitrogen and oxygen atoms in total. The largest absolute Gasteiger partial charge is 0.355 e. The van der Waals surface area contributed by atoms with E-state index < -0.39 is 0 Å². The highest BCUT2D eigenvalue weighted by Gasteiger charge is 2.57. The zero-order valence-corrected chi connectivity index (χ0v) is 16.4. The summed E-state index contributed by atoms with van der Waals surface area (Å²) in [6, 6.07) is 10.4. The van der Waals surface area contributed by atoms with Crippen LogP contribution in [-0.2, 0) is 4.79 Å². The van der Waals surface area contributed by atoms with Crippen LogP contribution in [0.15, 0.2) is 35.2 Å². The van der Waals surface area contributed by atoms with Gasteiger partial charge in [0, 0.05) is 34.6 Å². The van der Waals surface area contributed by atoms with Gasteiger partial charge in [-0.05, 0) is 49.7 Å². The minimum atomic E-state index is 0.261. The first kappa shape index (κ1) is 17.2. The zero-order chi connectivity index (χ0) is 16.4. The number of thioether (sulfide) groups is 3. The van der Waals surface area contributed by atoms with Gasteiger partial charge in [-0.2, -0.15) is 0 Å². The molecule has 0 aromatic heterocycles. The summed E-state index contributed by atoms with van der Waals surface area (Å²) < 4.78 is 0.486. The number of nitrogens with one attached hydrogen (secondary N) is 1. The predicted octanol–water partition coefficient (Wildman–Crippen LogP) is 4.51. The molecule has 3 aliphatic rings. The molecule has 1 heterocycles. The van der Waals surface area contributed by atoms with Gasteiger partial charge < -0.3 is 5.32 Å². The molecule has 1 aliphatic heterocycles. The third-order valence-electron chi connectivity index (χ3n) is 5.66. The van der Waals surface area contributed by atoms with E-state index in [2.05, 4.69) is 53.1 Å². The van der Waals surface area contributed by atoms with E-state index in [1.165, 1.54) is 29.2 Å². The first-order chi connectivity index (χ1) is 11.8. The zero-order valence-electron chi connectivity index (χ0n) is 13.9. The highest BCUT2D eigenvalue weighted by Crippen LogP contribution is 2.65. The van der Waals surface area contributed by atoms with E-state index in [1.54, 1.807) is 0 Å². The van der Waals surface area contributed by atoms with Crippen LogP contribution in [0, 0.1) is 17.8 Å². The fourth-order valence-corrected chi connectivity index (χ4v) is 9.35. The lowest BCUT2D eigenvalue weighted by Gasteiger charge is -2.42. The second kappa shape index (κ2) is 7.55. The molecular formula is C19H25NOS3. The fraction of sp³-hybridized carbons (Fsp3) is 0.632. The molecule has 1 saturated heterocycles. The summed E-state index contributed by atoms with van der Waals surface area (Å²) in [6.07, 6.45) is 4.93. The second-order valence-corrected chi connectivity index (χ2v) is 11.2. The van der Waals surface area contributed by atoms with E-state index >= 15 is 0 Å². The van der Waals surface area contributed by atoms with E-state index in [-0.39, 0.29) is 5.92 Å². The first-order valence-corrected chi connectivity index (χ1v) is 12.0. The van der Waals surface area contributed by atoms with Gasteiger partial charge >= 0.3 is 0 Å². The van der Waals surface area contributed by atoms with Crippen molar-refractivity contribution >= 4 is 41.2 Å². The Labute approximate surface area is 157 Å². The number of rotatable bonds is 5. The van der Waals surface area contributed by atoms with Crippen LogP contribution >= 0.6 is 35.3 Å². The van der Waals surface area contributed by atoms with E-state index in [9.17, 15) is 4.79 Å². The number of carbonyl (C=O) groups excluding carboxylic acids is 1. The summed E-state index contributed by atoms with van der Waals surface area (Å²) in [5, 5.41) is 3.20. The Hall–Kier alpha value is -0.260. The minimum Gasteiger partial charge on any atom is -0.355 e. The number of amides is 1. The number of hydrogen-bond acceptors (Lipinski definition) is 4. The monoisotopic (exact) mass is 379 g/mol. The Morgan fingerprint density at radius 1 is 1.12 bits per heavy atom. The Morgan fingerprint density at radius 3 is 2.46 bits per heavy atom. The van der Waals surface area contributed by atoms with Gasteiger partial charge in [0.1, 0.15) is 0 Å². The van der Waals surface area contributed by atoms with Gasteiger partial charge in [-0.15, -0.1) is 35.3 Å². The van der Waals surface area contributed by atoms with E-state index in [0.717, 1.165) is 37.0 Å². The summed E-state index contributed by atoms with van der Waals surface area (Å²) in [5.74, 6) is 5.67. The molecule has 1 aromatic rings. The SMILES string of the molecule is O=C(NCCSc1ccccc1)C1CC2CCC(C1)C21SCCS1. The lowest BCUT2D eigenvalue weighted by Crippen LogP contribution is -2.43. The first-order valence-electron chi connectivity index (χ1n) is 9.01. The lowest BCUT2D eigenvalue weighted by molar-refractivity contribution is -0.126. The van der Waals surface area contributed by atoms with Gasteiger partial charge in [-0.25, -0.2) is 0 Å². The molecule has 5 heteroatoms. The molecule has 2 saturated carbocycles. The van der Waals surface area contributed by atoms with Crippen molar-refractivity contribution in [3.63, 3.8) is 0 Å². The standard InChI is InChI=1S/C19H25NOS3/c21-18(20-8-9-22-17-4-2-1-3-5-17)14-12-15-6-7-16(13-14)19(15)23-10-11-24-19/h1-5,14-16H,6-13H2,(H,20,21). The second-order valence-electron chi connectivity index (χ2n) is 7.01. The summed E-state index contributed by atoms with van der Waals surface area (Å²) >= 11 is 6.23. The molecule has 1 N–H and O–H groups in total. The molecular weight excluding hydrogens is 354 g/mol. The average Bonchev–Trinajstić information content (AvgIpc) is 3.14. The predicted molar refractivity (Wildman–Crippen MR) is 107 cm³/mol. The van der Waals surface area contributed by atoms with E-state index in [4.69, 9.17) is 0 Å². The maximum Gasteiger partial charge on any atom is 0.223 e. The third kappa shape index (κ3) is 3.36. The Balaban J connectivity index is 1.25. The van der Waals surface area contributed by atoms with Gasteiger partial charge in [-0.1, -0.05) is 18.2 Å². The van der Waals surface area contributed by atoms with Gasteiger partial charge in [0.05, 0.1) is 4.08 Å². The van der Waals surface area contributed by atoms with Gasteiger partial charge in [-0.3, -0.25) is 4.79 Å². The Morgan fingerprint density at radius 2 is 1.79 bits per heavy atom. The van der Waals surface area contributed by atoms with Crippen molar-refractivity contribution in [3.8, 4) is 0 Å². The Bertz CT molecular complexity index is 557. The maximum atomic E-state index is 12.6. The van der Waals surface area contributed by atoms with Crippen molar-refractivity contribution < 1.29 is 4.79 Å². The topological polar surface area (TPSA) is 29.1 Å². The van der Waals surface area contributed by atoms with E-state index in [0.29, 0.717) is 9.99 Å². The number of benzene rings is 1. The van der Waals surface area contributed by atoms with Crippen molar-refractivity contribution in [2.75, 3.05) is 23.8 Å². The summed E-state index contributed by atoms with van der Waals surface area (Å²) in [6.45, 7) is 0.777. The van der Waals surface area contributed by atoms with Crippen molar-refractivity contribution in [2.45, 2.75) is 34.7 Å². The quantitative estimate of drug-likeness (QED) is 0.602. The molecule has 1 spiro atoms. The molecule has 1 aromatic carbocycles. The minimum absolute atomic E-state index is 0.261. The van der Waals surface area contributed by atoms with Gasteiger partial charge in [0.2, 0.25) is 5.91 Å². The smallest absolute Gasteiger partial charge is 0.223 e. The van der Waals surface area contributed by atoms with Crippen LogP contribution in [0.3, 0.4) is 0 Å². The molecule has 4 rings (SSSR count). The summed E-state index contributed by atoms with van der Waals surface area (Å²) in [5.41, 5.74) is 0. The van der Waals surface area contributed by atoms with Crippen LogP contribution in [0.2, 0.25) is 0 Å². The normalized spacial score (nSPS) is 30.6. The molecule has 3 fully saturated rings. The van der Waals surface area contributed by atoms with Gasteiger partial charge in [0.15, 0.2) is 0 Å². The van der Waals surface area contributed by atoms with Crippen LogP contribution in [0.5, 0.6) is 0 Å². The molecule has 2 unspecified atom stereocenters. The molecule has 2 atom stereocenters. The van der Waals surface area contributed by atoms with Crippen LogP contribution in [0.25, 0.3) is 0 Å². The summed E-state index contributed by atoms with van der Waals surface area (Å²) in [7, 11) is 0. The average molecular weight is 380 g/mol. The number of carbonyl (C=O) groups is 1. The molecule has 1 amide bonds. The number of hydrogen-bond donors (Lipinski definition) is 1. The van der Waals surface area contributed by atoms with Crippen molar-refractivity contribution in [1.82, 2.24) is 5.32 Å². The van der Waals surface area contributed by atoms with Crippen LogP contribution in [-0.4, -0.2) is 33.8 Å². The highest BCUT2D eigenvalue weighted by molar-refractivity contribution is 8.21. The Kier molecular flexibility index (Phi) is 5.40. The molecule has 2 bridgehead atoms. The van der Waals surface area contributed by atoms with Crippen molar-refractivity contribution in [2.24, 2.45) is 17.8 Å². The molecule has 2 aliphatic carbocycles. The van der Waals surface area contributed by atoms with Crippen molar-refractivity contribution in [3.05, 3.63) is 30.3 Å². The highest BCUT2D eigenvalue weighted by atomic mass is 32.2. The lowest BCUT2D eigenvalue weighted by atomic mass is 9.79.